The second-order valence-corrected chi connectivity index (χ2v) is 36.7. The standard InChI is InChI=1S/C40H48N6S2.C22H27ClN4S2.C9H11N2.C9H11NO.C4H8Br2S2.4BrH/c1-41(2)33-21-15-31(16-22-33)19-25-39-43(5)35-11-7-9-13-37(35)45(39)27-29-47-48-30-28-46-38-14-10-8-12-36(38)44(6)40(46)26-20-32-17-23-34(24-18-32)42(3)4;1-16-24(3)19-7-5-6-8-20(19)26(16)11-13-28-29-14-12-27-17(2)25(4)22-15-18(23)9-10-21(22)27;1-10-7-8-5-3-4-6-9(8)11(10)2;1-10(2)9-5-3-8(7-11)4-6-9;5-1-3-7-8-4-2-6;;;;/h7-19,21-25H,20,26-30H2,1-6H3;5-10,15H,11-14H2,1-4H3;2*3-7H,1-2H3;1-4H2;4*1H/q2*+2;+1;;;;;;/p-3. The van der Waals surface area contributed by atoms with Crippen LogP contribution in [0.2, 0.25) is 5.02 Å². The molecule has 0 spiro atoms. The van der Waals surface area contributed by atoms with Crippen LogP contribution >= 0.6 is 108 Å². The van der Waals surface area contributed by atoms with Gasteiger partial charge >= 0.3 is 5.84 Å². The summed E-state index contributed by atoms with van der Waals surface area (Å²) in [4.78, 5) is 18.1. The van der Waals surface area contributed by atoms with E-state index < -0.39 is 0 Å². The van der Waals surface area contributed by atoms with Crippen molar-refractivity contribution in [2.75, 3.05) is 116 Å². The molecule has 0 bridgehead atoms. The van der Waals surface area contributed by atoms with Crippen molar-refractivity contribution in [2.45, 2.75) is 46.3 Å². The lowest BCUT2D eigenvalue weighted by molar-refractivity contribution is -0.748. The van der Waals surface area contributed by atoms with E-state index in [2.05, 4.69) is 330 Å². The molecule has 0 amide bonds. The number of carbonyl (C=O) groups excluding carboxylic acids is 1. The molecule has 13 rings (SSSR count). The largest absolute Gasteiger partial charge is 1.00 e. The summed E-state index contributed by atoms with van der Waals surface area (Å²) in [6, 6.07) is 66.0. The highest BCUT2D eigenvalue weighted by Gasteiger charge is 2.39. The summed E-state index contributed by atoms with van der Waals surface area (Å²) in [6.45, 7) is 8.45. The average molecular weight is 2020 g/mol. The van der Waals surface area contributed by atoms with Gasteiger partial charge in [0.2, 0.25) is 11.9 Å². The van der Waals surface area contributed by atoms with Crippen LogP contribution in [-0.2, 0) is 61.3 Å². The molecule has 12 aromatic rings. The number of halogens is 7. The maximum absolute atomic E-state index is 10.3. The number of quaternary nitrogens is 1. The van der Waals surface area contributed by atoms with Crippen LogP contribution in [0.3, 0.4) is 0 Å². The third kappa shape index (κ3) is 26.7. The smallest absolute Gasteiger partial charge is 0.347 e. The van der Waals surface area contributed by atoms with Crippen LogP contribution in [0.25, 0.3) is 56.2 Å². The Kier molecular flexibility index (Phi) is 43.2. The number of alkyl halides is 2. The fraction of sp³-hybridized carbons (Fsp3) is 0.333. The summed E-state index contributed by atoms with van der Waals surface area (Å²) in [6.07, 6.45) is 9.56. The Hall–Kier alpha value is -4.65. The fourth-order valence-electron chi connectivity index (χ4n) is 13.0. The van der Waals surface area contributed by atoms with Crippen LogP contribution in [0, 0.1) is 13.8 Å². The van der Waals surface area contributed by atoms with Gasteiger partial charge in [-0.15, -0.1) is 9.26 Å². The number of anilines is 3. The number of nitrogens with zero attached hydrogens (tertiary/aromatic N) is 12. The topological polar surface area (TPSA) is 69.5 Å². The van der Waals surface area contributed by atoms with Crippen molar-refractivity contribution in [1.29, 1.82) is 0 Å². The quantitative estimate of drug-likeness (QED) is 0.0238. The molecule has 0 saturated carbocycles. The normalized spacial score (nSPS) is 12.0. The molecule has 27 heteroatoms. The maximum Gasteiger partial charge on any atom is 0.347 e. The SMILES string of the molecule is BrCCSSCCBr.CN(C)c1ccc(/C=C/c2n(CCSSCC[NH+]3C(CCc4ccc(N(C)C)cc4)=[N+](C)c4ccccc43)c3ccccc3[n+]2C)cc1.CN(C)c1ccc(C=O)cc1.Cc1n(CCSSCC[n+]2c(C)n(C)c3cc(Cl)ccc32)c2ccccc2[n+]1C.Cn1c2ccccc2c[n+]1C.[Br-].[Br-].[Br-].[Br-]. The molecular weight excluding hydrogens is 1910 g/mol. The number of amidine groups is 1. The van der Waals surface area contributed by atoms with E-state index in [1.54, 1.807) is 0 Å². The Morgan fingerprint density at radius 2 is 0.991 bits per heavy atom. The summed E-state index contributed by atoms with van der Waals surface area (Å²) < 4.78 is 20.7. The number of fused-ring (bicyclic) bond motifs is 5. The lowest BCUT2D eigenvalue weighted by Crippen LogP contribution is -3.09. The Morgan fingerprint density at radius 1 is 0.495 bits per heavy atom. The zero-order chi connectivity index (χ0) is 76.5. The van der Waals surface area contributed by atoms with Gasteiger partial charge in [0, 0.05) is 147 Å². The zero-order valence-electron chi connectivity index (χ0n) is 66.0. The number of imidazole rings is 3. The van der Waals surface area contributed by atoms with Gasteiger partial charge in [0.05, 0.1) is 45.8 Å². The van der Waals surface area contributed by atoms with E-state index in [1.165, 1.54) is 118 Å². The van der Waals surface area contributed by atoms with E-state index in [0.29, 0.717) is 0 Å². The van der Waals surface area contributed by atoms with Crippen LogP contribution in [0.15, 0.2) is 194 Å². The highest BCUT2D eigenvalue weighted by molar-refractivity contribution is 9.09. The highest BCUT2D eigenvalue weighted by Crippen LogP contribution is 2.29. The molecule has 0 aliphatic carbocycles. The molecule has 5 heterocycles. The maximum atomic E-state index is 10.3. The Labute approximate surface area is 746 Å². The summed E-state index contributed by atoms with van der Waals surface area (Å²) in [5.74, 6) is 12.0. The van der Waals surface area contributed by atoms with Gasteiger partial charge in [-0.1, -0.05) is 181 Å². The van der Waals surface area contributed by atoms with Crippen molar-refractivity contribution in [3.05, 3.63) is 233 Å². The molecule has 0 saturated heterocycles. The number of para-hydroxylation sites is 7. The fourth-order valence-corrected chi connectivity index (χ4v) is 20.8. The van der Waals surface area contributed by atoms with Crippen molar-refractivity contribution in [1.82, 2.24) is 18.4 Å². The second-order valence-electron chi connectivity index (χ2n) is 26.5. The van der Waals surface area contributed by atoms with Gasteiger partial charge in [-0.05, 0) is 121 Å². The molecule has 1 unspecified atom stereocenters. The molecule has 1 aliphatic rings. The van der Waals surface area contributed by atoms with Crippen LogP contribution < -0.4 is 106 Å². The van der Waals surface area contributed by atoms with Crippen LogP contribution in [0.4, 0.5) is 28.4 Å². The first-order chi connectivity index (χ1) is 51.7. The van der Waals surface area contributed by atoms with E-state index in [-0.39, 0.29) is 67.9 Å². The number of aromatic nitrogens is 8. The first-order valence-electron chi connectivity index (χ1n) is 36.0. The monoisotopic (exact) mass is 2010 g/mol. The summed E-state index contributed by atoms with van der Waals surface area (Å²) in [5.41, 5.74) is 18.5. The number of carbonyl (C=O) groups is 1. The number of aryl methyl sites for hydroxylation is 9. The van der Waals surface area contributed by atoms with Crippen molar-refractivity contribution >= 4 is 205 Å². The lowest BCUT2D eigenvalue weighted by Gasteiger charge is -2.13. The Balaban J connectivity index is 0.000000293. The molecule has 4 aromatic heterocycles. The van der Waals surface area contributed by atoms with Gasteiger partial charge in [-0.2, -0.15) is 4.68 Å². The molecule has 1 N–H and O–H groups in total. The second kappa shape index (κ2) is 49.4. The Bertz CT molecular complexity index is 4910. The van der Waals surface area contributed by atoms with Gasteiger partial charge < -0.3 is 82.6 Å². The number of rotatable bonds is 28. The molecule has 14 nitrogen and oxygen atoms in total. The number of nitrogens with one attached hydrogen (secondary N) is 1. The van der Waals surface area contributed by atoms with Gasteiger partial charge in [0.15, 0.2) is 40.1 Å². The molecule has 0 radical (unpaired) electrons. The molecule has 596 valence electrons. The van der Waals surface area contributed by atoms with Crippen LogP contribution in [-0.4, -0.2) is 136 Å². The molecule has 1 aliphatic heterocycles. The van der Waals surface area contributed by atoms with Crippen molar-refractivity contribution in [3.8, 4) is 0 Å². The third-order valence-corrected chi connectivity index (χ3v) is 28.4. The first kappa shape index (κ1) is 96.9. The van der Waals surface area contributed by atoms with E-state index >= 15 is 0 Å². The predicted octanol–water partition coefficient (Wildman–Crippen LogP) is 5.02. The molecule has 111 heavy (non-hydrogen) atoms. The van der Waals surface area contributed by atoms with Crippen LogP contribution in [0.5, 0.6) is 0 Å². The van der Waals surface area contributed by atoms with Crippen molar-refractivity contribution in [2.24, 2.45) is 35.2 Å². The van der Waals surface area contributed by atoms with Gasteiger partial charge in [0.25, 0.3) is 23.2 Å². The molecular formula is C84H106Br6ClN13OS6+2. The first-order valence-corrected chi connectivity index (χ1v) is 46.1. The minimum absolute atomic E-state index is 0. The van der Waals surface area contributed by atoms with E-state index in [0.717, 1.165) is 95.3 Å². The highest BCUT2D eigenvalue weighted by atomic mass is 79.9. The number of hydrogen-bond acceptors (Lipinski definition) is 10. The van der Waals surface area contributed by atoms with Gasteiger partial charge in [-0.3, -0.25) is 4.79 Å². The zero-order valence-corrected chi connectivity index (χ0v) is 81.1. The summed E-state index contributed by atoms with van der Waals surface area (Å²) >= 11 is 12.9. The summed E-state index contributed by atoms with van der Waals surface area (Å²) in [7, 11) is 36.8. The van der Waals surface area contributed by atoms with Gasteiger partial charge in [0.1, 0.15) is 45.0 Å². The molecule has 0 fully saturated rings. The Morgan fingerprint density at radius 3 is 1.57 bits per heavy atom. The number of aldehydes is 1. The number of hydrogen-bond donors (Lipinski definition) is 1. The van der Waals surface area contributed by atoms with Crippen LogP contribution in [0.1, 0.15) is 45.4 Å². The summed E-state index contributed by atoms with van der Waals surface area (Å²) in [5, 5.41) is 4.29. The van der Waals surface area contributed by atoms with Gasteiger partial charge in [-0.25, -0.2) is 32.3 Å². The van der Waals surface area contributed by atoms with Crippen molar-refractivity contribution < 1.29 is 101 Å². The lowest BCUT2D eigenvalue weighted by atomic mass is 10.1. The number of benzene rings is 8. The van der Waals surface area contributed by atoms with E-state index in [1.807, 2.05) is 127 Å². The minimum atomic E-state index is 0. The molecule has 8 aromatic carbocycles. The van der Waals surface area contributed by atoms with E-state index in [9.17, 15) is 4.79 Å². The third-order valence-electron chi connectivity index (χ3n) is 19.1. The van der Waals surface area contributed by atoms with E-state index in [4.69, 9.17) is 11.6 Å². The predicted molar refractivity (Wildman–Crippen MR) is 478 cm³/mol. The average Bonchev–Trinajstić information content (AvgIpc) is 1.65. The van der Waals surface area contributed by atoms with Crippen molar-refractivity contribution in [3.63, 3.8) is 0 Å². The minimum Gasteiger partial charge on any atom is -1.00 e. The molecule has 1 atom stereocenters.